The van der Waals surface area contributed by atoms with Crippen molar-refractivity contribution in [2.45, 2.75) is 23.1 Å². The fraction of sp³-hybridized carbons (Fsp3) is 0.211. The number of carbonyl (C=O) groups is 1. The van der Waals surface area contributed by atoms with Gasteiger partial charge >= 0.3 is 0 Å². The lowest BCUT2D eigenvalue weighted by Gasteiger charge is -2.10. The van der Waals surface area contributed by atoms with Gasteiger partial charge in [0, 0.05) is 16.7 Å². The first-order valence-corrected chi connectivity index (χ1v) is 11.0. The standard InChI is InChI=1S/C19H19BrN4O2S2/c1-12(17(25)21-11-13-6-8-16(26-2)9-7-13)27-19-24-23-18(28-19)22-15-5-3-4-14(20)10-15/h3-10,12H,11H2,1-2H3,(H,21,25)(H,22,23)/t12-/m0/s1. The van der Waals surface area contributed by atoms with Crippen molar-refractivity contribution < 1.29 is 9.53 Å². The number of anilines is 2. The highest BCUT2D eigenvalue weighted by molar-refractivity contribution is 9.10. The topological polar surface area (TPSA) is 76.1 Å². The van der Waals surface area contributed by atoms with E-state index in [1.54, 1.807) is 7.11 Å². The monoisotopic (exact) mass is 478 g/mol. The fourth-order valence-electron chi connectivity index (χ4n) is 2.28. The molecule has 3 rings (SSSR count). The van der Waals surface area contributed by atoms with Crippen LogP contribution < -0.4 is 15.4 Å². The first kappa shape index (κ1) is 20.6. The van der Waals surface area contributed by atoms with Crippen molar-refractivity contribution in [3.8, 4) is 5.75 Å². The molecule has 2 aromatic carbocycles. The van der Waals surface area contributed by atoms with Gasteiger partial charge in [-0.25, -0.2) is 0 Å². The fourth-order valence-corrected chi connectivity index (χ4v) is 4.62. The highest BCUT2D eigenvalue weighted by Gasteiger charge is 2.17. The van der Waals surface area contributed by atoms with Crippen LogP contribution in [0, 0.1) is 0 Å². The highest BCUT2D eigenvalue weighted by atomic mass is 79.9. The number of aromatic nitrogens is 2. The summed E-state index contributed by atoms with van der Waals surface area (Å²) in [6.07, 6.45) is 0. The second kappa shape index (κ2) is 9.90. The van der Waals surface area contributed by atoms with Crippen molar-refractivity contribution in [1.29, 1.82) is 0 Å². The lowest BCUT2D eigenvalue weighted by atomic mass is 10.2. The Balaban J connectivity index is 1.50. The summed E-state index contributed by atoms with van der Waals surface area (Å²) in [5.74, 6) is 0.750. The van der Waals surface area contributed by atoms with E-state index in [2.05, 4.69) is 36.8 Å². The molecule has 1 heterocycles. The van der Waals surface area contributed by atoms with Gasteiger partial charge in [-0.1, -0.05) is 57.2 Å². The summed E-state index contributed by atoms with van der Waals surface area (Å²) in [5, 5.41) is 14.9. The minimum absolute atomic E-state index is 0.0440. The Morgan fingerprint density at radius 1 is 1.25 bits per heavy atom. The summed E-state index contributed by atoms with van der Waals surface area (Å²) in [6, 6.07) is 15.4. The molecule has 0 aliphatic heterocycles. The average Bonchev–Trinajstić information content (AvgIpc) is 3.13. The molecule has 0 fully saturated rings. The Morgan fingerprint density at radius 2 is 2.04 bits per heavy atom. The molecule has 0 unspecified atom stereocenters. The van der Waals surface area contributed by atoms with E-state index in [9.17, 15) is 4.79 Å². The van der Waals surface area contributed by atoms with Gasteiger partial charge in [0.15, 0.2) is 4.34 Å². The van der Waals surface area contributed by atoms with Gasteiger partial charge in [-0.3, -0.25) is 4.79 Å². The number of hydrogen-bond donors (Lipinski definition) is 2. The largest absolute Gasteiger partial charge is 0.497 e. The summed E-state index contributed by atoms with van der Waals surface area (Å²) in [5.41, 5.74) is 1.94. The molecule has 146 valence electrons. The van der Waals surface area contributed by atoms with Gasteiger partial charge in [-0.2, -0.15) is 0 Å². The summed E-state index contributed by atoms with van der Waals surface area (Å²) in [6.45, 7) is 2.33. The van der Waals surface area contributed by atoms with E-state index in [0.717, 1.165) is 25.8 Å². The Labute approximate surface area is 180 Å². The van der Waals surface area contributed by atoms with E-state index < -0.39 is 0 Å². The van der Waals surface area contributed by atoms with Gasteiger partial charge < -0.3 is 15.4 Å². The number of ether oxygens (including phenoxy) is 1. The second-order valence-electron chi connectivity index (χ2n) is 5.83. The molecule has 3 aromatic rings. The van der Waals surface area contributed by atoms with Crippen molar-refractivity contribution >= 4 is 55.8 Å². The van der Waals surface area contributed by atoms with E-state index in [1.807, 2.05) is 55.5 Å². The third kappa shape index (κ3) is 5.95. The lowest BCUT2D eigenvalue weighted by molar-refractivity contribution is -0.120. The van der Waals surface area contributed by atoms with Crippen molar-refractivity contribution in [2.75, 3.05) is 12.4 Å². The van der Waals surface area contributed by atoms with Gasteiger partial charge in [0.25, 0.3) is 0 Å². The lowest BCUT2D eigenvalue weighted by Crippen LogP contribution is -2.30. The van der Waals surface area contributed by atoms with Crippen molar-refractivity contribution in [1.82, 2.24) is 15.5 Å². The van der Waals surface area contributed by atoms with Crippen LogP contribution in [-0.2, 0) is 11.3 Å². The number of hydrogen-bond acceptors (Lipinski definition) is 7. The zero-order valence-corrected chi connectivity index (χ0v) is 18.5. The van der Waals surface area contributed by atoms with E-state index in [-0.39, 0.29) is 11.2 Å². The molecule has 0 saturated carbocycles. The van der Waals surface area contributed by atoms with E-state index in [1.165, 1.54) is 23.1 Å². The third-order valence-electron chi connectivity index (χ3n) is 3.75. The number of amides is 1. The van der Waals surface area contributed by atoms with Crippen LogP contribution >= 0.6 is 39.0 Å². The Bertz CT molecular complexity index is 934. The molecule has 0 aliphatic rings. The number of thioether (sulfide) groups is 1. The van der Waals surface area contributed by atoms with Crippen LogP contribution in [0.3, 0.4) is 0 Å². The molecule has 1 amide bonds. The van der Waals surface area contributed by atoms with Crippen LogP contribution in [0.15, 0.2) is 57.3 Å². The number of benzene rings is 2. The molecular weight excluding hydrogens is 460 g/mol. The highest BCUT2D eigenvalue weighted by Crippen LogP contribution is 2.31. The van der Waals surface area contributed by atoms with E-state index >= 15 is 0 Å². The zero-order valence-electron chi connectivity index (χ0n) is 15.3. The molecule has 0 bridgehead atoms. The van der Waals surface area contributed by atoms with Crippen molar-refractivity contribution in [3.05, 3.63) is 58.6 Å². The van der Waals surface area contributed by atoms with Gasteiger partial charge in [0.2, 0.25) is 11.0 Å². The Morgan fingerprint density at radius 3 is 2.75 bits per heavy atom. The van der Waals surface area contributed by atoms with E-state index in [0.29, 0.717) is 11.7 Å². The maximum Gasteiger partial charge on any atom is 0.233 e. The number of halogens is 1. The third-order valence-corrected chi connectivity index (χ3v) is 6.27. The quantitative estimate of drug-likeness (QED) is 0.450. The van der Waals surface area contributed by atoms with Crippen LogP contribution in [0.1, 0.15) is 12.5 Å². The number of carbonyl (C=O) groups excluding carboxylic acids is 1. The first-order valence-electron chi connectivity index (χ1n) is 8.47. The predicted octanol–water partition coefficient (Wildman–Crippen LogP) is 4.85. The molecule has 0 spiro atoms. The molecule has 9 heteroatoms. The molecule has 6 nitrogen and oxygen atoms in total. The summed E-state index contributed by atoms with van der Waals surface area (Å²) < 4.78 is 6.86. The van der Waals surface area contributed by atoms with Crippen LogP contribution in [0.2, 0.25) is 0 Å². The molecule has 0 saturated heterocycles. The van der Waals surface area contributed by atoms with Crippen LogP contribution in [0.25, 0.3) is 0 Å². The second-order valence-corrected chi connectivity index (χ2v) is 9.32. The van der Waals surface area contributed by atoms with Gasteiger partial charge in [-0.05, 0) is 42.8 Å². The molecule has 1 aromatic heterocycles. The molecule has 0 aliphatic carbocycles. The summed E-state index contributed by atoms with van der Waals surface area (Å²) >= 11 is 6.25. The number of nitrogens with one attached hydrogen (secondary N) is 2. The number of rotatable bonds is 8. The molecule has 2 N–H and O–H groups in total. The van der Waals surface area contributed by atoms with Gasteiger partial charge in [0.1, 0.15) is 5.75 Å². The Hall–Kier alpha value is -2.10. The normalized spacial score (nSPS) is 11.7. The van der Waals surface area contributed by atoms with Crippen LogP contribution in [0.5, 0.6) is 5.75 Å². The molecule has 28 heavy (non-hydrogen) atoms. The van der Waals surface area contributed by atoms with E-state index in [4.69, 9.17) is 4.74 Å². The minimum Gasteiger partial charge on any atom is -0.497 e. The predicted molar refractivity (Wildman–Crippen MR) is 117 cm³/mol. The molecular formula is C19H19BrN4O2S2. The van der Waals surface area contributed by atoms with Crippen molar-refractivity contribution in [3.63, 3.8) is 0 Å². The molecule has 0 radical (unpaired) electrons. The van der Waals surface area contributed by atoms with Crippen LogP contribution in [-0.4, -0.2) is 28.5 Å². The summed E-state index contributed by atoms with van der Waals surface area (Å²) in [4.78, 5) is 12.4. The smallest absolute Gasteiger partial charge is 0.233 e. The van der Waals surface area contributed by atoms with Crippen LogP contribution in [0.4, 0.5) is 10.8 Å². The van der Waals surface area contributed by atoms with Gasteiger partial charge in [-0.15, -0.1) is 10.2 Å². The first-order chi connectivity index (χ1) is 13.5. The molecule has 1 atom stereocenters. The maximum atomic E-state index is 12.4. The Kier molecular flexibility index (Phi) is 7.30. The SMILES string of the molecule is COc1ccc(CNC(=O)[C@H](C)Sc2nnc(Nc3cccc(Br)c3)s2)cc1. The number of nitrogens with zero attached hydrogens (tertiary/aromatic N) is 2. The summed E-state index contributed by atoms with van der Waals surface area (Å²) in [7, 11) is 1.63. The number of methoxy groups -OCH3 is 1. The minimum atomic E-state index is -0.273. The average molecular weight is 479 g/mol. The van der Waals surface area contributed by atoms with Crippen molar-refractivity contribution in [2.24, 2.45) is 0 Å². The zero-order chi connectivity index (χ0) is 19.9. The van der Waals surface area contributed by atoms with Gasteiger partial charge in [0.05, 0.1) is 12.4 Å². The maximum absolute atomic E-state index is 12.4.